The number of esters is 1. The van der Waals surface area contributed by atoms with Crippen LogP contribution in [0, 0.1) is 11.8 Å². The number of carbonyl (C=O) groups is 2. The molecule has 2 unspecified atom stereocenters. The number of nitrogens with one attached hydrogen (secondary N) is 1. The Hall–Kier alpha value is -1.85. The second-order valence-electron chi connectivity index (χ2n) is 5.01. The van der Waals surface area contributed by atoms with Crippen molar-refractivity contribution < 1.29 is 14.3 Å². The number of ether oxygens (including phenoxy) is 1. The van der Waals surface area contributed by atoms with Crippen molar-refractivity contribution in [2.24, 2.45) is 11.8 Å². The summed E-state index contributed by atoms with van der Waals surface area (Å²) < 4.78 is 6.00. The standard InChI is InChI=1S/C13H19N3O3/c1-9-4-3-5-11(9)13(18)15-10-6-14-16(7-10)8-12(17)19-2/h6-7,9,11H,3-5,8H2,1-2H3,(H,15,18). The van der Waals surface area contributed by atoms with Crippen LogP contribution in [0.2, 0.25) is 0 Å². The largest absolute Gasteiger partial charge is 0.468 e. The van der Waals surface area contributed by atoms with Gasteiger partial charge in [-0.2, -0.15) is 5.10 Å². The third-order valence-electron chi connectivity index (χ3n) is 3.62. The SMILES string of the molecule is COC(=O)Cn1cc(NC(=O)C2CCCC2C)cn1. The molecule has 0 aliphatic heterocycles. The molecule has 2 rings (SSSR count). The third-order valence-corrected chi connectivity index (χ3v) is 3.62. The van der Waals surface area contributed by atoms with Crippen LogP contribution in [0.5, 0.6) is 0 Å². The zero-order valence-corrected chi connectivity index (χ0v) is 11.3. The minimum atomic E-state index is -0.370. The lowest BCUT2D eigenvalue weighted by Gasteiger charge is -2.13. The first-order chi connectivity index (χ1) is 9.10. The molecular formula is C13H19N3O3. The zero-order valence-electron chi connectivity index (χ0n) is 11.3. The number of aromatic nitrogens is 2. The number of hydrogen-bond acceptors (Lipinski definition) is 4. The Morgan fingerprint density at radius 2 is 2.32 bits per heavy atom. The Bertz CT molecular complexity index is 469. The van der Waals surface area contributed by atoms with Crippen LogP contribution < -0.4 is 5.32 Å². The number of carbonyl (C=O) groups excluding carboxylic acids is 2. The van der Waals surface area contributed by atoms with Gasteiger partial charge in [-0.1, -0.05) is 13.3 Å². The number of nitrogens with zero attached hydrogens (tertiary/aromatic N) is 2. The van der Waals surface area contributed by atoms with Crippen LogP contribution in [0.25, 0.3) is 0 Å². The van der Waals surface area contributed by atoms with Gasteiger partial charge in [0.05, 0.1) is 19.0 Å². The number of rotatable bonds is 4. The fraction of sp³-hybridized carbons (Fsp3) is 0.615. The first-order valence-electron chi connectivity index (χ1n) is 6.50. The van der Waals surface area contributed by atoms with E-state index in [1.807, 2.05) is 0 Å². The van der Waals surface area contributed by atoms with Crippen LogP contribution in [-0.2, 0) is 20.9 Å². The van der Waals surface area contributed by atoms with Gasteiger partial charge in [-0.25, -0.2) is 0 Å². The summed E-state index contributed by atoms with van der Waals surface area (Å²) in [4.78, 5) is 23.2. The fourth-order valence-corrected chi connectivity index (χ4v) is 2.48. The summed E-state index contributed by atoms with van der Waals surface area (Å²) in [5, 5.41) is 6.86. The van der Waals surface area contributed by atoms with Gasteiger partial charge in [0.25, 0.3) is 0 Å². The van der Waals surface area contributed by atoms with E-state index in [-0.39, 0.29) is 24.3 Å². The van der Waals surface area contributed by atoms with Gasteiger partial charge in [0.1, 0.15) is 6.54 Å². The van der Waals surface area contributed by atoms with E-state index < -0.39 is 0 Å². The molecule has 1 aliphatic rings. The predicted molar refractivity (Wildman–Crippen MR) is 69.4 cm³/mol. The second kappa shape index (κ2) is 5.86. The quantitative estimate of drug-likeness (QED) is 0.836. The molecule has 104 valence electrons. The van der Waals surface area contributed by atoms with E-state index in [4.69, 9.17) is 0 Å². The molecule has 0 spiro atoms. The van der Waals surface area contributed by atoms with Crippen LogP contribution in [0.15, 0.2) is 12.4 Å². The molecule has 1 N–H and O–H groups in total. The smallest absolute Gasteiger partial charge is 0.327 e. The summed E-state index contributed by atoms with van der Waals surface area (Å²) >= 11 is 0. The number of anilines is 1. The Balaban J connectivity index is 1.92. The van der Waals surface area contributed by atoms with Crippen molar-refractivity contribution in [1.29, 1.82) is 0 Å². The lowest BCUT2D eigenvalue weighted by Crippen LogP contribution is -2.24. The molecule has 2 atom stereocenters. The van der Waals surface area contributed by atoms with E-state index in [2.05, 4.69) is 22.1 Å². The molecule has 1 aliphatic carbocycles. The van der Waals surface area contributed by atoms with E-state index in [0.29, 0.717) is 11.6 Å². The molecule has 0 radical (unpaired) electrons. The monoisotopic (exact) mass is 265 g/mol. The maximum Gasteiger partial charge on any atom is 0.327 e. The van der Waals surface area contributed by atoms with E-state index in [9.17, 15) is 9.59 Å². The highest BCUT2D eigenvalue weighted by molar-refractivity contribution is 5.92. The average Bonchev–Trinajstić information content (AvgIpc) is 2.98. The Labute approximate surface area is 112 Å². The van der Waals surface area contributed by atoms with Gasteiger partial charge in [-0.05, 0) is 18.8 Å². The van der Waals surface area contributed by atoms with Crippen molar-refractivity contribution in [1.82, 2.24) is 9.78 Å². The fourth-order valence-electron chi connectivity index (χ4n) is 2.48. The van der Waals surface area contributed by atoms with Gasteiger partial charge in [0, 0.05) is 12.1 Å². The zero-order chi connectivity index (χ0) is 13.8. The van der Waals surface area contributed by atoms with Crippen molar-refractivity contribution in [3.63, 3.8) is 0 Å². The van der Waals surface area contributed by atoms with Crippen molar-refractivity contribution in [3.8, 4) is 0 Å². The number of amides is 1. The van der Waals surface area contributed by atoms with Gasteiger partial charge < -0.3 is 10.1 Å². The van der Waals surface area contributed by atoms with Crippen LogP contribution in [0.3, 0.4) is 0 Å². The molecule has 6 nitrogen and oxygen atoms in total. The Morgan fingerprint density at radius 3 is 2.95 bits per heavy atom. The molecule has 19 heavy (non-hydrogen) atoms. The Morgan fingerprint density at radius 1 is 1.53 bits per heavy atom. The van der Waals surface area contributed by atoms with Crippen LogP contribution in [0.1, 0.15) is 26.2 Å². The van der Waals surface area contributed by atoms with Gasteiger partial charge in [-0.3, -0.25) is 14.3 Å². The summed E-state index contributed by atoms with van der Waals surface area (Å²) in [5.74, 6) is 0.196. The van der Waals surface area contributed by atoms with Crippen molar-refractivity contribution in [2.45, 2.75) is 32.7 Å². The van der Waals surface area contributed by atoms with E-state index in [1.54, 1.807) is 12.4 Å². The van der Waals surface area contributed by atoms with Crippen molar-refractivity contribution in [2.75, 3.05) is 12.4 Å². The van der Waals surface area contributed by atoms with Gasteiger partial charge in [0.2, 0.25) is 5.91 Å². The average molecular weight is 265 g/mol. The molecule has 0 aromatic carbocycles. The summed E-state index contributed by atoms with van der Waals surface area (Å²) in [6, 6.07) is 0. The highest BCUT2D eigenvalue weighted by atomic mass is 16.5. The number of hydrogen-bond donors (Lipinski definition) is 1. The maximum absolute atomic E-state index is 12.1. The van der Waals surface area contributed by atoms with Gasteiger partial charge in [0.15, 0.2) is 0 Å². The summed E-state index contributed by atoms with van der Waals surface area (Å²) in [6.07, 6.45) is 6.35. The summed E-state index contributed by atoms with van der Waals surface area (Å²) in [5.41, 5.74) is 0.619. The molecule has 1 heterocycles. The lowest BCUT2D eigenvalue weighted by molar-refractivity contribution is -0.141. The molecule has 1 amide bonds. The van der Waals surface area contributed by atoms with Crippen molar-refractivity contribution in [3.05, 3.63) is 12.4 Å². The molecular weight excluding hydrogens is 246 g/mol. The highest BCUT2D eigenvalue weighted by Crippen LogP contribution is 2.31. The molecule has 1 aromatic heterocycles. The molecule has 0 bridgehead atoms. The Kier molecular flexibility index (Phi) is 4.19. The molecule has 6 heteroatoms. The highest BCUT2D eigenvalue weighted by Gasteiger charge is 2.29. The third kappa shape index (κ3) is 3.33. The van der Waals surface area contributed by atoms with E-state index in [0.717, 1.165) is 19.3 Å². The van der Waals surface area contributed by atoms with Gasteiger partial charge in [-0.15, -0.1) is 0 Å². The van der Waals surface area contributed by atoms with Crippen LogP contribution >= 0.6 is 0 Å². The molecule has 1 fully saturated rings. The van der Waals surface area contributed by atoms with Crippen molar-refractivity contribution >= 4 is 17.6 Å². The first kappa shape index (κ1) is 13.6. The van der Waals surface area contributed by atoms with Gasteiger partial charge >= 0.3 is 5.97 Å². The summed E-state index contributed by atoms with van der Waals surface area (Å²) in [6.45, 7) is 2.16. The minimum Gasteiger partial charge on any atom is -0.468 e. The molecule has 1 aromatic rings. The predicted octanol–water partition coefficient (Wildman–Crippen LogP) is 1.43. The van der Waals surface area contributed by atoms with Crippen LogP contribution in [0.4, 0.5) is 5.69 Å². The number of methoxy groups -OCH3 is 1. The van der Waals surface area contributed by atoms with Crippen LogP contribution in [-0.4, -0.2) is 28.8 Å². The lowest BCUT2D eigenvalue weighted by atomic mass is 9.97. The topological polar surface area (TPSA) is 73.2 Å². The van der Waals surface area contributed by atoms with E-state index >= 15 is 0 Å². The minimum absolute atomic E-state index is 0.0441. The normalized spacial score (nSPS) is 22.2. The first-order valence-corrected chi connectivity index (χ1v) is 6.50. The second-order valence-corrected chi connectivity index (χ2v) is 5.01. The molecule has 1 saturated carbocycles. The van der Waals surface area contributed by atoms with E-state index in [1.165, 1.54) is 11.8 Å². The molecule has 0 saturated heterocycles. The maximum atomic E-state index is 12.1. The summed E-state index contributed by atoms with van der Waals surface area (Å²) in [7, 11) is 1.33.